The molecule has 0 saturated carbocycles. The first-order valence-corrected chi connectivity index (χ1v) is 7.12. The van der Waals surface area contributed by atoms with Crippen LogP contribution in [0.25, 0.3) is 0 Å². The van der Waals surface area contributed by atoms with Gasteiger partial charge in [-0.25, -0.2) is 0 Å². The van der Waals surface area contributed by atoms with Crippen LogP contribution in [0.3, 0.4) is 0 Å². The van der Waals surface area contributed by atoms with Gasteiger partial charge in [-0.15, -0.1) is 0 Å². The topological polar surface area (TPSA) is 0 Å². The Bertz CT molecular complexity index is 107. The molecule has 0 saturated heterocycles. The van der Waals surface area contributed by atoms with Crippen LogP contribution in [-0.2, 0) is 0 Å². The lowest BCUT2D eigenvalue weighted by Gasteiger charge is -2.10. The van der Waals surface area contributed by atoms with E-state index in [0.29, 0.717) is 0 Å². The maximum Gasteiger partial charge on any atom is -0.0383 e. The molecule has 1 atom stereocenters. The third-order valence-electron chi connectivity index (χ3n) is 3.13. The van der Waals surface area contributed by atoms with Gasteiger partial charge in [-0.2, -0.15) is 0 Å². The van der Waals surface area contributed by atoms with Gasteiger partial charge in [-0.1, -0.05) is 78.6 Å². The van der Waals surface area contributed by atoms with E-state index >= 15 is 0 Å². The van der Waals surface area contributed by atoms with E-state index in [4.69, 9.17) is 0 Å². The van der Waals surface area contributed by atoms with Gasteiger partial charge in [0.15, 0.2) is 0 Å². The summed E-state index contributed by atoms with van der Waals surface area (Å²) in [6, 6.07) is 0. The zero-order chi connectivity index (χ0) is 11.4. The van der Waals surface area contributed by atoms with Crippen LogP contribution in [0.5, 0.6) is 0 Å². The summed E-state index contributed by atoms with van der Waals surface area (Å²) < 4.78 is 0. The Morgan fingerprint density at radius 1 is 0.867 bits per heavy atom. The van der Waals surface area contributed by atoms with Crippen molar-refractivity contribution in [1.29, 1.82) is 0 Å². The summed E-state index contributed by atoms with van der Waals surface area (Å²) in [6.07, 6.45) is 16.5. The van der Waals surface area contributed by atoms with E-state index in [1.165, 1.54) is 64.2 Å². The van der Waals surface area contributed by atoms with Crippen LogP contribution in [0.4, 0.5) is 0 Å². The van der Waals surface area contributed by atoms with Crippen molar-refractivity contribution in [3.8, 4) is 0 Å². The number of unbranched alkanes of at least 4 members (excludes halogenated alkanes) is 7. The highest BCUT2D eigenvalue weighted by molar-refractivity contribution is 4.68. The van der Waals surface area contributed by atoms with Crippen molar-refractivity contribution in [1.82, 2.24) is 0 Å². The van der Waals surface area contributed by atoms with Crippen LogP contribution in [0.1, 0.15) is 85.0 Å². The van der Waals surface area contributed by atoms with E-state index in [1.54, 1.807) is 0 Å². The molecule has 0 heteroatoms. The van der Waals surface area contributed by atoms with Gasteiger partial charge in [0.05, 0.1) is 0 Å². The SMILES string of the molecule is CCCCC[CH]CC(C)CCCCCC. The summed E-state index contributed by atoms with van der Waals surface area (Å²) in [6.45, 7) is 6.96. The maximum absolute atomic E-state index is 2.51. The summed E-state index contributed by atoms with van der Waals surface area (Å²) in [7, 11) is 0. The molecular weight excluding hydrogens is 180 g/mol. The standard InChI is InChI=1S/C15H31/c1-4-6-8-10-12-14-15(3)13-11-9-7-5-2/h12,15H,4-11,13-14H2,1-3H3. The quantitative estimate of drug-likeness (QED) is 0.381. The fourth-order valence-corrected chi connectivity index (χ4v) is 1.98. The van der Waals surface area contributed by atoms with E-state index in [-0.39, 0.29) is 0 Å². The summed E-state index contributed by atoms with van der Waals surface area (Å²) in [4.78, 5) is 0. The Balaban J connectivity index is 3.08. The molecule has 0 aliphatic heterocycles. The van der Waals surface area contributed by atoms with Gasteiger partial charge in [-0.3, -0.25) is 0 Å². The average molecular weight is 211 g/mol. The lowest BCUT2D eigenvalue weighted by atomic mass is 9.96. The van der Waals surface area contributed by atoms with Crippen LogP contribution in [0.15, 0.2) is 0 Å². The molecule has 0 aromatic heterocycles. The van der Waals surface area contributed by atoms with Gasteiger partial charge in [-0.05, 0) is 18.8 Å². The highest BCUT2D eigenvalue weighted by Crippen LogP contribution is 2.16. The van der Waals surface area contributed by atoms with Crippen molar-refractivity contribution in [2.45, 2.75) is 85.0 Å². The Hall–Kier alpha value is 0. The lowest BCUT2D eigenvalue weighted by molar-refractivity contribution is 0.475. The van der Waals surface area contributed by atoms with Crippen LogP contribution < -0.4 is 0 Å². The molecule has 0 spiro atoms. The van der Waals surface area contributed by atoms with Gasteiger partial charge in [0.1, 0.15) is 0 Å². The third-order valence-corrected chi connectivity index (χ3v) is 3.13. The normalized spacial score (nSPS) is 13.0. The smallest absolute Gasteiger partial charge is 0.0383 e. The lowest BCUT2D eigenvalue weighted by Crippen LogP contribution is -1.95. The summed E-state index contributed by atoms with van der Waals surface area (Å²) in [5.41, 5.74) is 0. The average Bonchev–Trinajstić information content (AvgIpc) is 2.24. The van der Waals surface area contributed by atoms with Crippen molar-refractivity contribution in [3.63, 3.8) is 0 Å². The summed E-state index contributed by atoms with van der Waals surface area (Å²) in [5, 5.41) is 0. The Labute approximate surface area is 97.8 Å². The molecule has 0 aromatic carbocycles. The molecule has 0 aromatic rings. The fraction of sp³-hybridized carbons (Fsp3) is 0.933. The van der Waals surface area contributed by atoms with E-state index < -0.39 is 0 Å². The predicted octanol–water partition coefficient (Wildman–Crippen LogP) is 5.77. The Kier molecular flexibility index (Phi) is 12.1. The van der Waals surface area contributed by atoms with Crippen molar-refractivity contribution < 1.29 is 0 Å². The molecule has 15 heavy (non-hydrogen) atoms. The largest absolute Gasteiger partial charge is 0.0654 e. The monoisotopic (exact) mass is 211 g/mol. The molecule has 1 unspecified atom stereocenters. The van der Waals surface area contributed by atoms with Crippen LogP contribution in [0.2, 0.25) is 0 Å². The minimum absolute atomic E-state index is 0.920. The number of hydrogen-bond donors (Lipinski definition) is 0. The van der Waals surface area contributed by atoms with E-state index in [1.807, 2.05) is 0 Å². The molecule has 91 valence electrons. The first-order chi connectivity index (χ1) is 7.31. The molecule has 0 heterocycles. The molecular formula is C15H31. The molecule has 0 fully saturated rings. The van der Waals surface area contributed by atoms with Gasteiger partial charge in [0.25, 0.3) is 0 Å². The first-order valence-electron chi connectivity index (χ1n) is 7.12. The van der Waals surface area contributed by atoms with E-state index in [2.05, 4.69) is 27.2 Å². The van der Waals surface area contributed by atoms with Gasteiger partial charge >= 0.3 is 0 Å². The predicted molar refractivity (Wildman–Crippen MR) is 71.0 cm³/mol. The Morgan fingerprint density at radius 2 is 1.53 bits per heavy atom. The van der Waals surface area contributed by atoms with Crippen LogP contribution >= 0.6 is 0 Å². The molecule has 0 nitrogen and oxygen atoms in total. The molecule has 0 aliphatic carbocycles. The summed E-state index contributed by atoms with van der Waals surface area (Å²) in [5.74, 6) is 0.920. The van der Waals surface area contributed by atoms with Crippen molar-refractivity contribution >= 4 is 0 Å². The van der Waals surface area contributed by atoms with Gasteiger partial charge in [0, 0.05) is 0 Å². The number of rotatable bonds is 11. The minimum atomic E-state index is 0.920. The molecule has 0 aliphatic rings. The van der Waals surface area contributed by atoms with Crippen LogP contribution in [-0.4, -0.2) is 0 Å². The van der Waals surface area contributed by atoms with E-state index in [9.17, 15) is 0 Å². The first kappa shape index (κ1) is 15.0. The van der Waals surface area contributed by atoms with Gasteiger partial charge < -0.3 is 0 Å². The minimum Gasteiger partial charge on any atom is -0.0654 e. The van der Waals surface area contributed by atoms with Crippen LogP contribution in [0, 0.1) is 12.3 Å². The highest BCUT2D eigenvalue weighted by atomic mass is 14.1. The van der Waals surface area contributed by atoms with E-state index in [0.717, 1.165) is 5.92 Å². The highest BCUT2D eigenvalue weighted by Gasteiger charge is 2.01. The van der Waals surface area contributed by atoms with Crippen molar-refractivity contribution in [2.75, 3.05) is 0 Å². The Morgan fingerprint density at radius 3 is 2.20 bits per heavy atom. The zero-order valence-corrected chi connectivity index (χ0v) is 11.2. The van der Waals surface area contributed by atoms with Crippen molar-refractivity contribution in [2.24, 2.45) is 5.92 Å². The molecule has 0 amide bonds. The number of hydrogen-bond acceptors (Lipinski definition) is 0. The molecule has 0 bridgehead atoms. The third kappa shape index (κ3) is 11.9. The second kappa shape index (κ2) is 12.1. The molecule has 0 rings (SSSR count). The fourth-order valence-electron chi connectivity index (χ4n) is 1.98. The maximum atomic E-state index is 2.51. The molecule has 1 radical (unpaired) electrons. The molecule has 0 N–H and O–H groups in total. The van der Waals surface area contributed by atoms with Crippen molar-refractivity contribution in [3.05, 3.63) is 6.42 Å². The second-order valence-corrected chi connectivity index (χ2v) is 4.97. The zero-order valence-electron chi connectivity index (χ0n) is 11.2. The van der Waals surface area contributed by atoms with Gasteiger partial charge in [0.2, 0.25) is 0 Å². The summed E-state index contributed by atoms with van der Waals surface area (Å²) >= 11 is 0. The second-order valence-electron chi connectivity index (χ2n) is 4.97.